The van der Waals surface area contributed by atoms with Gasteiger partial charge in [-0.15, -0.1) is 0 Å². The summed E-state index contributed by atoms with van der Waals surface area (Å²) in [5.41, 5.74) is -0.00667. The van der Waals surface area contributed by atoms with Crippen LogP contribution in [0.1, 0.15) is 13.8 Å². The molecule has 0 saturated carbocycles. The average Bonchev–Trinajstić information content (AvgIpc) is 2.47. The van der Waals surface area contributed by atoms with Crippen molar-refractivity contribution < 1.29 is 24.4 Å². The van der Waals surface area contributed by atoms with Crippen LogP contribution in [0.15, 0.2) is 40.6 Å². The van der Waals surface area contributed by atoms with Crippen molar-refractivity contribution in [1.29, 1.82) is 0 Å². The number of hydrogen-bond donors (Lipinski definition) is 2. The van der Waals surface area contributed by atoms with Crippen molar-refractivity contribution in [3.63, 3.8) is 0 Å². The van der Waals surface area contributed by atoms with E-state index in [0.29, 0.717) is 5.69 Å². The van der Waals surface area contributed by atoms with Crippen LogP contribution in [0.3, 0.4) is 0 Å². The Morgan fingerprint density at radius 1 is 1.39 bits per heavy atom. The number of nitro groups is 1. The van der Waals surface area contributed by atoms with Crippen LogP contribution in [0, 0.1) is 10.1 Å². The second kappa shape index (κ2) is 8.27. The van der Waals surface area contributed by atoms with Gasteiger partial charge in [0.15, 0.2) is 0 Å². The van der Waals surface area contributed by atoms with E-state index < -0.39 is 16.9 Å². The number of carbonyl (C=O) groups excluding carboxylic acids is 2. The number of nitrogens with one attached hydrogen (secondary N) is 1. The summed E-state index contributed by atoms with van der Waals surface area (Å²) in [5.74, 6) is -1.23. The molecule has 0 aromatic heterocycles. The smallest absolute Gasteiger partial charge is 0.414 e. The third kappa shape index (κ3) is 5.58. The number of ether oxygens (including phenoxy) is 1. The number of aliphatic imine (C=N–C) groups is 1. The molecule has 2 N–H and O–H groups in total. The van der Waals surface area contributed by atoms with Crippen molar-refractivity contribution in [2.24, 2.45) is 4.99 Å². The van der Waals surface area contributed by atoms with Gasteiger partial charge < -0.3 is 9.84 Å². The molecule has 0 aliphatic rings. The first-order valence-corrected chi connectivity index (χ1v) is 6.51. The largest absolute Gasteiger partial charge is 0.512 e. The molecular formula is C14H15N3O6. The minimum Gasteiger partial charge on any atom is -0.512 e. The van der Waals surface area contributed by atoms with E-state index in [1.54, 1.807) is 6.92 Å². The SMILES string of the molecule is CCOC(=O)NC(=O)/C(C=Nc1ccc([N+](=O)[O-])cc1)=C(\C)O. The fourth-order valence-corrected chi connectivity index (χ4v) is 1.44. The van der Waals surface area contributed by atoms with Gasteiger partial charge in [-0.05, 0) is 26.0 Å². The lowest BCUT2D eigenvalue weighted by Gasteiger charge is -2.05. The molecule has 1 aromatic rings. The van der Waals surface area contributed by atoms with Crippen molar-refractivity contribution in [3.8, 4) is 0 Å². The highest BCUT2D eigenvalue weighted by Crippen LogP contribution is 2.18. The molecule has 9 heteroatoms. The Bertz CT molecular complexity index is 660. The van der Waals surface area contributed by atoms with Crippen LogP contribution >= 0.6 is 0 Å². The van der Waals surface area contributed by atoms with E-state index in [1.807, 2.05) is 5.32 Å². The summed E-state index contributed by atoms with van der Waals surface area (Å²) in [6, 6.07) is 5.26. The average molecular weight is 321 g/mol. The summed E-state index contributed by atoms with van der Waals surface area (Å²) in [6.45, 7) is 2.92. The number of rotatable bonds is 5. The first-order chi connectivity index (χ1) is 10.8. The molecule has 0 saturated heterocycles. The fraction of sp³-hybridized carbons (Fsp3) is 0.214. The van der Waals surface area contributed by atoms with Crippen LogP contribution in [0.25, 0.3) is 0 Å². The second-order valence-electron chi connectivity index (χ2n) is 4.21. The van der Waals surface area contributed by atoms with E-state index in [4.69, 9.17) is 0 Å². The quantitative estimate of drug-likeness (QED) is 0.281. The lowest BCUT2D eigenvalue weighted by atomic mass is 10.2. The van der Waals surface area contributed by atoms with E-state index >= 15 is 0 Å². The van der Waals surface area contributed by atoms with Gasteiger partial charge in [-0.3, -0.25) is 25.2 Å². The zero-order valence-electron chi connectivity index (χ0n) is 12.5. The number of non-ortho nitro benzene ring substituents is 1. The predicted octanol–water partition coefficient (Wildman–Crippen LogP) is 2.40. The van der Waals surface area contributed by atoms with Gasteiger partial charge in [0.05, 0.1) is 22.8 Å². The molecule has 0 heterocycles. The molecule has 2 amide bonds. The number of imide groups is 1. The van der Waals surface area contributed by atoms with E-state index in [1.165, 1.54) is 31.2 Å². The summed E-state index contributed by atoms with van der Waals surface area (Å²) in [6.07, 6.45) is 0.102. The second-order valence-corrected chi connectivity index (χ2v) is 4.21. The van der Waals surface area contributed by atoms with Gasteiger partial charge in [0, 0.05) is 18.3 Å². The van der Waals surface area contributed by atoms with Gasteiger partial charge in [0.2, 0.25) is 0 Å². The molecule has 23 heavy (non-hydrogen) atoms. The van der Waals surface area contributed by atoms with Gasteiger partial charge in [-0.2, -0.15) is 0 Å². The summed E-state index contributed by atoms with van der Waals surface area (Å²) >= 11 is 0. The molecule has 0 bridgehead atoms. The Hall–Kier alpha value is -3.23. The Kier molecular flexibility index (Phi) is 6.41. The third-order valence-corrected chi connectivity index (χ3v) is 2.53. The zero-order valence-corrected chi connectivity index (χ0v) is 12.5. The number of nitrogens with zero attached hydrogens (tertiary/aromatic N) is 2. The van der Waals surface area contributed by atoms with Gasteiger partial charge in [0.25, 0.3) is 11.6 Å². The number of aliphatic hydroxyl groups is 1. The van der Waals surface area contributed by atoms with E-state index in [-0.39, 0.29) is 23.6 Å². The van der Waals surface area contributed by atoms with E-state index in [9.17, 15) is 24.8 Å². The van der Waals surface area contributed by atoms with Crippen LogP contribution in [0.5, 0.6) is 0 Å². The number of nitro benzene ring substituents is 1. The van der Waals surface area contributed by atoms with Crippen LogP contribution < -0.4 is 5.32 Å². The standard InChI is InChI=1S/C14H15N3O6/c1-3-23-14(20)16-13(19)12(9(2)18)8-15-10-4-6-11(7-5-10)17(21)22/h4-8,18H,3H2,1-2H3,(H,16,19,20)/b12-9+,15-8?. The summed E-state index contributed by atoms with van der Waals surface area (Å²) in [4.78, 5) is 36.9. The Morgan fingerprint density at radius 3 is 2.48 bits per heavy atom. The number of amides is 2. The Balaban J connectivity index is 2.88. The molecule has 0 spiro atoms. The van der Waals surface area contributed by atoms with E-state index in [0.717, 1.165) is 6.21 Å². The van der Waals surface area contributed by atoms with Crippen molar-refractivity contribution in [2.75, 3.05) is 6.61 Å². The molecule has 0 radical (unpaired) electrons. The van der Waals surface area contributed by atoms with Crippen LogP contribution in [-0.4, -0.2) is 34.9 Å². The molecule has 0 aliphatic heterocycles. The minimum atomic E-state index is -0.944. The molecule has 0 aliphatic carbocycles. The maximum atomic E-state index is 11.8. The fourth-order valence-electron chi connectivity index (χ4n) is 1.44. The first kappa shape index (κ1) is 17.8. The molecule has 0 unspecified atom stereocenters. The molecule has 9 nitrogen and oxygen atoms in total. The van der Waals surface area contributed by atoms with Crippen LogP contribution in [-0.2, 0) is 9.53 Å². The lowest BCUT2D eigenvalue weighted by Crippen LogP contribution is -2.33. The number of alkyl carbamates (subject to hydrolysis) is 1. The highest BCUT2D eigenvalue weighted by Gasteiger charge is 2.15. The summed E-state index contributed by atoms with van der Waals surface area (Å²) in [7, 11) is 0. The molecule has 1 rings (SSSR count). The van der Waals surface area contributed by atoms with Crippen molar-refractivity contribution in [3.05, 3.63) is 45.7 Å². The van der Waals surface area contributed by atoms with Crippen molar-refractivity contribution in [1.82, 2.24) is 5.32 Å². The Labute approximate surface area is 131 Å². The molecule has 1 aromatic carbocycles. The maximum absolute atomic E-state index is 11.8. The maximum Gasteiger partial charge on any atom is 0.414 e. The van der Waals surface area contributed by atoms with Gasteiger partial charge in [0.1, 0.15) is 5.76 Å². The van der Waals surface area contributed by atoms with Crippen LogP contribution in [0.2, 0.25) is 0 Å². The van der Waals surface area contributed by atoms with Gasteiger partial charge >= 0.3 is 6.09 Å². The predicted molar refractivity (Wildman–Crippen MR) is 81.7 cm³/mol. The summed E-state index contributed by atoms with van der Waals surface area (Å²) < 4.78 is 4.56. The lowest BCUT2D eigenvalue weighted by molar-refractivity contribution is -0.384. The van der Waals surface area contributed by atoms with Gasteiger partial charge in [-0.25, -0.2) is 4.79 Å². The minimum absolute atomic E-state index is 0.0904. The van der Waals surface area contributed by atoms with Gasteiger partial charge in [-0.1, -0.05) is 0 Å². The highest BCUT2D eigenvalue weighted by molar-refractivity contribution is 6.16. The topological polar surface area (TPSA) is 131 Å². The molecular weight excluding hydrogens is 306 g/mol. The molecule has 122 valence electrons. The highest BCUT2D eigenvalue weighted by atomic mass is 16.6. The number of carbonyl (C=O) groups is 2. The third-order valence-electron chi connectivity index (χ3n) is 2.53. The first-order valence-electron chi connectivity index (χ1n) is 6.51. The van der Waals surface area contributed by atoms with Crippen molar-refractivity contribution >= 4 is 29.6 Å². The van der Waals surface area contributed by atoms with Crippen molar-refractivity contribution in [2.45, 2.75) is 13.8 Å². The molecule has 0 atom stereocenters. The van der Waals surface area contributed by atoms with E-state index in [2.05, 4.69) is 9.73 Å². The monoisotopic (exact) mass is 321 g/mol. The van der Waals surface area contributed by atoms with Crippen LogP contribution in [0.4, 0.5) is 16.2 Å². The number of allylic oxidation sites excluding steroid dienone is 1. The zero-order chi connectivity index (χ0) is 17.4. The Morgan fingerprint density at radius 2 is 2.00 bits per heavy atom. The number of benzene rings is 1. The number of hydrogen-bond acceptors (Lipinski definition) is 7. The normalized spacial score (nSPS) is 11.7. The molecule has 0 fully saturated rings. The number of aliphatic hydroxyl groups excluding tert-OH is 1. The summed E-state index contributed by atoms with van der Waals surface area (Å²) in [5, 5.41) is 22.0.